The van der Waals surface area contributed by atoms with Gasteiger partial charge in [-0.05, 0) is 54.7 Å². The number of amides is 1. The van der Waals surface area contributed by atoms with Crippen LogP contribution in [0.15, 0.2) is 40.8 Å². The van der Waals surface area contributed by atoms with Crippen molar-refractivity contribution in [3.8, 4) is 11.3 Å². The lowest BCUT2D eigenvalue weighted by molar-refractivity contribution is -0.267. The van der Waals surface area contributed by atoms with Crippen molar-refractivity contribution in [1.29, 1.82) is 0 Å². The van der Waals surface area contributed by atoms with Crippen LogP contribution < -0.4 is 9.79 Å². The molecular formula is C21H21FN2O6S. The Labute approximate surface area is 178 Å². The van der Waals surface area contributed by atoms with Crippen LogP contribution in [0.4, 0.5) is 10.1 Å². The highest BCUT2D eigenvalue weighted by Crippen LogP contribution is 2.48. The number of sulfonamides is 1. The van der Waals surface area contributed by atoms with Crippen LogP contribution in [0.5, 0.6) is 0 Å². The van der Waals surface area contributed by atoms with Gasteiger partial charge >= 0.3 is 0 Å². The fourth-order valence-corrected chi connectivity index (χ4v) is 4.21. The zero-order valence-electron chi connectivity index (χ0n) is 17.1. The van der Waals surface area contributed by atoms with E-state index in [2.05, 4.69) is 10.2 Å². The minimum absolute atomic E-state index is 0.116. The van der Waals surface area contributed by atoms with Crippen molar-refractivity contribution >= 4 is 32.6 Å². The summed E-state index contributed by atoms with van der Waals surface area (Å²) in [5.74, 6) is -0.418. The molecule has 1 amide bonds. The summed E-state index contributed by atoms with van der Waals surface area (Å²) in [5, 5.41) is 3.13. The van der Waals surface area contributed by atoms with E-state index in [-0.39, 0.29) is 34.4 Å². The van der Waals surface area contributed by atoms with Crippen LogP contribution >= 0.6 is 0 Å². The molecule has 0 radical (unpaired) electrons. The van der Waals surface area contributed by atoms with E-state index in [1.807, 2.05) is 0 Å². The minimum atomic E-state index is -3.83. The average Bonchev–Trinajstić information content (AvgIpc) is 3.51. The van der Waals surface area contributed by atoms with Crippen LogP contribution in [0.3, 0.4) is 0 Å². The van der Waals surface area contributed by atoms with Gasteiger partial charge < -0.3 is 9.73 Å². The van der Waals surface area contributed by atoms with Gasteiger partial charge in [0.15, 0.2) is 0 Å². The summed E-state index contributed by atoms with van der Waals surface area (Å²) in [7, 11) is -1.13. The Balaban J connectivity index is 2.00. The van der Waals surface area contributed by atoms with Crippen LogP contribution in [0.1, 0.15) is 34.7 Å². The van der Waals surface area contributed by atoms with Crippen molar-refractivity contribution in [2.45, 2.75) is 18.8 Å². The summed E-state index contributed by atoms with van der Waals surface area (Å²) >= 11 is 0. The molecule has 1 aromatic heterocycles. The second kappa shape index (κ2) is 7.95. The lowest BCUT2D eigenvalue weighted by Crippen LogP contribution is -2.30. The first kappa shape index (κ1) is 21.3. The van der Waals surface area contributed by atoms with Crippen LogP contribution in [-0.2, 0) is 19.9 Å². The normalized spacial score (nSPS) is 14.1. The average molecular weight is 448 g/mol. The largest absolute Gasteiger partial charge is 0.455 e. The van der Waals surface area contributed by atoms with Crippen molar-refractivity contribution < 1.29 is 31.9 Å². The number of anilines is 1. The fourth-order valence-electron chi connectivity index (χ4n) is 3.53. The Kier molecular flexibility index (Phi) is 5.46. The predicted molar refractivity (Wildman–Crippen MR) is 112 cm³/mol. The molecule has 1 heterocycles. The molecule has 1 fully saturated rings. The zero-order valence-corrected chi connectivity index (χ0v) is 18.0. The molecule has 2 aromatic carbocycles. The molecule has 10 heteroatoms. The third-order valence-corrected chi connectivity index (χ3v) is 5.92. The molecular weight excluding hydrogens is 427 g/mol. The third kappa shape index (κ3) is 4.01. The van der Waals surface area contributed by atoms with Gasteiger partial charge in [0.1, 0.15) is 17.2 Å². The Morgan fingerprint density at radius 3 is 2.45 bits per heavy atom. The van der Waals surface area contributed by atoms with E-state index in [0.717, 1.165) is 19.1 Å². The number of halogens is 1. The minimum Gasteiger partial charge on any atom is -0.455 e. The van der Waals surface area contributed by atoms with Crippen molar-refractivity contribution in [2.75, 3.05) is 24.9 Å². The van der Waals surface area contributed by atoms with E-state index < -0.39 is 15.8 Å². The van der Waals surface area contributed by atoms with Gasteiger partial charge in [-0.3, -0.25) is 4.79 Å². The number of fused-ring (bicyclic) bond motifs is 1. The molecule has 0 bridgehead atoms. The second-order valence-corrected chi connectivity index (χ2v) is 9.10. The van der Waals surface area contributed by atoms with E-state index >= 15 is 0 Å². The Morgan fingerprint density at radius 1 is 1.23 bits per heavy atom. The number of carbonyl (C=O) groups excluding carboxylic acids is 1. The van der Waals surface area contributed by atoms with Crippen LogP contribution in [0.25, 0.3) is 22.3 Å². The summed E-state index contributed by atoms with van der Waals surface area (Å²) < 4.78 is 44.7. The maximum atomic E-state index is 13.4. The highest BCUT2D eigenvalue weighted by Gasteiger charge is 2.34. The number of hydrogen-bond donors (Lipinski definition) is 1. The van der Waals surface area contributed by atoms with Crippen molar-refractivity contribution in [2.24, 2.45) is 0 Å². The highest BCUT2D eigenvalue weighted by atomic mass is 32.2. The molecule has 1 saturated carbocycles. The van der Waals surface area contributed by atoms with Gasteiger partial charge in [-0.2, -0.15) is 0 Å². The van der Waals surface area contributed by atoms with E-state index in [0.29, 0.717) is 21.0 Å². The number of benzene rings is 2. The number of rotatable bonds is 7. The molecule has 0 atom stereocenters. The van der Waals surface area contributed by atoms with Crippen molar-refractivity contribution in [3.05, 3.63) is 53.3 Å². The Hall–Kier alpha value is -2.95. The van der Waals surface area contributed by atoms with Gasteiger partial charge in [-0.15, -0.1) is 4.47 Å². The second-order valence-electron chi connectivity index (χ2n) is 7.30. The molecule has 4 rings (SSSR count). The quantitative estimate of drug-likeness (QED) is 0.437. The molecule has 3 aromatic rings. The topological polar surface area (TPSA) is 98.1 Å². The fraction of sp³-hybridized carbons (Fsp3) is 0.286. The molecule has 1 N–H and O–H groups in total. The van der Waals surface area contributed by atoms with Gasteiger partial charge in [0.25, 0.3) is 15.9 Å². The summed E-state index contributed by atoms with van der Waals surface area (Å²) in [6.07, 6.45) is 2.75. The number of furan rings is 1. The van der Waals surface area contributed by atoms with Gasteiger partial charge in [0.05, 0.1) is 24.6 Å². The Morgan fingerprint density at radius 2 is 1.90 bits per heavy atom. The molecule has 164 valence electrons. The molecule has 8 nitrogen and oxygen atoms in total. The van der Waals surface area contributed by atoms with E-state index in [1.165, 1.54) is 44.5 Å². The summed E-state index contributed by atoms with van der Waals surface area (Å²) in [5.41, 5.74) is 2.04. The molecule has 0 saturated heterocycles. The van der Waals surface area contributed by atoms with Gasteiger partial charge in [0, 0.05) is 24.1 Å². The summed E-state index contributed by atoms with van der Waals surface area (Å²) in [6, 6.07) is 8.84. The van der Waals surface area contributed by atoms with E-state index in [1.54, 1.807) is 6.07 Å². The molecule has 0 unspecified atom stereocenters. The van der Waals surface area contributed by atoms with Crippen molar-refractivity contribution in [1.82, 2.24) is 5.32 Å². The summed E-state index contributed by atoms with van der Waals surface area (Å²) in [6.45, 7) is 0. The first-order valence-electron chi connectivity index (χ1n) is 9.54. The zero-order chi connectivity index (χ0) is 22.3. The third-order valence-electron chi connectivity index (χ3n) is 5.06. The monoisotopic (exact) mass is 448 g/mol. The van der Waals surface area contributed by atoms with Gasteiger partial charge in [0.2, 0.25) is 0 Å². The first-order valence-corrected chi connectivity index (χ1v) is 11.4. The smallest absolute Gasteiger partial charge is 0.257 e. The summed E-state index contributed by atoms with van der Waals surface area (Å²) in [4.78, 5) is 22.3. The van der Waals surface area contributed by atoms with Crippen molar-refractivity contribution in [3.63, 3.8) is 0 Å². The maximum Gasteiger partial charge on any atom is 0.257 e. The van der Waals surface area contributed by atoms with E-state index in [4.69, 9.17) is 9.41 Å². The molecule has 31 heavy (non-hydrogen) atoms. The standard InChI is InChI=1S/C21H21FN2O6S/c1-23-21(25)19-16-10-15(12-4-5-12)17(24(30-28-2)31(3,26)27)11-18(16)29-20(19)13-6-8-14(22)9-7-13/h6-12H,4-5H2,1-3H3,(H,23,25). The highest BCUT2D eigenvalue weighted by molar-refractivity contribution is 7.91. The van der Waals surface area contributed by atoms with Gasteiger partial charge in [-0.25, -0.2) is 17.7 Å². The maximum absolute atomic E-state index is 13.4. The number of hydrogen-bond acceptors (Lipinski definition) is 6. The number of carbonyl (C=O) groups is 1. The van der Waals surface area contributed by atoms with Crippen LogP contribution in [-0.4, -0.2) is 34.7 Å². The molecule has 1 aliphatic carbocycles. The van der Waals surface area contributed by atoms with Crippen LogP contribution in [0.2, 0.25) is 0 Å². The van der Waals surface area contributed by atoms with E-state index in [9.17, 15) is 17.6 Å². The SMILES string of the molecule is CNC(=O)c1c(-c2ccc(F)cc2)oc2cc(N(OOC)S(C)(=O)=O)c(C3CC3)cc12. The Bertz CT molecular complexity index is 1250. The predicted octanol–water partition coefficient (Wildman–Crippen LogP) is 3.73. The molecule has 1 aliphatic rings. The first-order chi connectivity index (χ1) is 14.7. The molecule has 0 spiro atoms. The number of nitrogens with zero attached hydrogens (tertiary/aromatic N) is 1. The van der Waals surface area contributed by atoms with Gasteiger partial charge in [-0.1, -0.05) is 4.99 Å². The van der Waals surface area contributed by atoms with Crippen LogP contribution in [0, 0.1) is 5.82 Å². The lowest BCUT2D eigenvalue weighted by atomic mass is 10.0. The number of nitrogens with one attached hydrogen (secondary N) is 1. The molecule has 0 aliphatic heterocycles. The lowest BCUT2D eigenvalue weighted by Gasteiger charge is -2.21.